The SMILES string of the molecule is CCCCc1ccc(N2Cc3c(cc(C#N)c(Br)c3C)C2=O)cc1. The summed E-state index contributed by atoms with van der Waals surface area (Å²) < 4.78 is 0.785. The van der Waals surface area contributed by atoms with Gasteiger partial charge in [0.25, 0.3) is 5.91 Å². The molecule has 0 bridgehead atoms. The van der Waals surface area contributed by atoms with Gasteiger partial charge < -0.3 is 4.90 Å². The number of nitrogens with zero attached hydrogens (tertiary/aromatic N) is 2. The van der Waals surface area contributed by atoms with Crippen LogP contribution in [0.5, 0.6) is 0 Å². The molecular formula is C20H19BrN2O. The molecule has 0 saturated heterocycles. The van der Waals surface area contributed by atoms with E-state index in [1.165, 1.54) is 18.4 Å². The molecule has 1 amide bonds. The van der Waals surface area contributed by atoms with E-state index in [0.717, 1.165) is 27.7 Å². The fourth-order valence-corrected chi connectivity index (χ4v) is 3.56. The maximum atomic E-state index is 12.8. The Morgan fingerprint density at radius 2 is 2.00 bits per heavy atom. The van der Waals surface area contributed by atoms with Gasteiger partial charge in [-0.05, 0) is 70.6 Å². The lowest BCUT2D eigenvalue weighted by Crippen LogP contribution is -2.22. The van der Waals surface area contributed by atoms with Gasteiger partial charge in [-0.15, -0.1) is 0 Å². The minimum absolute atomic E-state index is 0.0293. The lowest BCUT2D eigenvalue weighted by Gasteiger charge is -2.16. The first-order valence-electron chi connectivity index (χ1n) is 8.19. The normalized spacial score (nSPS) is 13.1. The van der Waals surface area contributed by atoms with Crippen LogP contribution in [0, 0.1) is 18.3 Å². The van der Waals surface area contributed by atoms with Crippen LogP contribution in [0.3, 0.4) is 0 Å². The number of aryl methyl sites for hydroxylation is 1. The summed E-state index contributed by atoms with van der Waals surface area (Å²) in [6.07, 6.45) is 3.43. The number of carbonyl (C=O) groups is 1. The van der Waals surface area contributed by atoms with Gasteiger partial charge in [0.1, 0.15) is 6.07 Å². The second-order valence-electron chi connectivity index (χ2n) is 6.16. The molecule has 24 heavy (non-hydrogen) atoms. The van der Waals surface area contributed by atoms with E-state index < -0.39 is 0 Å². The Labute approximate surface area is 151 Å². The van der Waals surface area contributed by atoms with Crippen molar-refractivity contribution in [2.24, 2.45) is 0 Å². The molecule has 3 nitrogen and oxygen atoms in total. The summed E-state index contributed by atoms with van der Waals surface area (Å²) in [5, 5.41) is 9.24. The maximum Gasteiger partial charge on any atom is 0.258 e. The number of amides is 1. The molecular weight excluding hydrogens is 364 g/mol. The largest absolute Gasteiger partial charge is 0.304 e. The number of hydrogen-bond acceptors (Lipinski definition) is 2. The van der Waals surface area contributed by atoms with Crippen molar-refractivity contribution in [3.05, 3.63) is 62.6 Å². The monoisotopic (exact) mass is 382 g/mol. The summed E-state index contributed by atoms with van der Waals surface area (Å²) in [7, 11) is 0. The summed E-state index contributed by atoms with van der Waals surface area (Å²) in [5.41, 5.74) is 5.33. The van der Waals surface area contributed by atoms with Gasteiger partial charge in [-0.2, -0.15) is 5.26 Å². The van der Waals surface area contributed by atoms with Crippen LogP contribution in [-0.4, -0.2) is 5.91 Å². The van der Waals surface area contributed by atoms with Crippen LogP contribution in [0.25, 0.3) is 0 Å². The van der Waals surface area contributed by atoms with Gasteiger partial charge in [-0.3, -0.25) is 4.79 Å². The first-order chi connectivity index (χ1) is 11.6. The molecule has 0 unspecified atom stereocenters. The number of nitriles is 1. The van der Waals surface area contributed by atoms with Crippen molar-refractivity contribution < 1.29 is 4.79 Å². The van der Waals surface area contributed by atoms with Gasteiger partial charge in [-0.25, -0.2) is 0 Å². The molecule has 1 aliphatic rings. The van der Waals surface area contributed by atoms with Crippen LogP contribution in [0.4, 0.5) is 5.69 Å². The molecule has 0 N–H and O–H groups in total. The highest BCUT2D eigenvalue weighted by molar-refractivity contribution is 9.10. The second kappa shape index (κ2) is 6.78. The van der Waals surface area contributed by atoms with E-state index in [1.807, 2.05) is 19.1 Å². The Hall–Kier alpha value is -2.12. The van der Waals surface area contributed by atoms with E-state index in [1.54, 1.807) is 11.0 Å². The first kappa shape index (κ1) is 16.7. The zero-order valence-electron chi connectivity index (χ0n) is 13.9. The molecule has 0 saturated carbocycles. The first-order valence-corrected chi connectivity index (χ1v) is 8.99. The van der Waals surface area contributed by atoms with Gasteiger partial charge in [-0.1, -0.05) is 25.5 Å². The topological polar surface area (TPSA) is 44.1 Å². The molecule has 4 heteroatoms. The molecule has 0 aromatic heterocycles. The van der Waals surface area contributed by atoms with Gasteiger partial charge in [0, 0.05) is 15.7 Å². The maximum absolute atomic E-state index is 12.8. The average molecular weight is 383 g/mol. The molecule has 1 heterocycles. The van der Waals surface area contributed by atoms with Crippen molar-refractivity contribution in [1.82, 2.24) is 0 Å². The summed E-state index contributed by atoms with van der Waals surface area (Å²) in [6.45, 7) is 4.69. The molecule has 3 rings (SSSR count). The number of carbonyl (C=O) groups excluding carboxylic acids is 1. The van der Waals surface area contributed by atoms with E-state index in [-0.39, 0.29) is 5.91 Å². The molecule has 0 spiro atoms. The van der Waals surface area contributed by atoms with Crippen molar-refractivity contribution in [1.29, 1.82) is 5.26 Å². The lowest BCUT2D eigenvalue weighted by atomic mass is 10.0. The fourth-order valence-electron chi connectivity index (χ4n) is 3.11. The number of unbranched alkanes of at least 4 members (excludes halogenated alkanes) is 1. The molecule has 122 valence electrons. The quantitative estimate of drug-likeness (QED) is 0.735. The highest BCUT2D eigenvalue weighted by Crippen LogP contribution is 2.35. The molecule has 0 atom stereocenters. The van der Waals surface area contributed by atoms with Crippen LogP contribution in [0.1, 0.15) is 52.4 Å². The molecule has 0 radical (unpaired) electrons. The van der Waals surface area contributed by atoms with E-state index >= 15 is 0 Å². The number of fused-ring (bicyclic) bond motifs is 1. The summed E-state index contributed by atoms with van der Waals surface area (Å²) in [4.78, 5) is 14.6. The van der Waals surface area contributed by atoms with Crippen LogP contribution in [-0.2, 0) is 13.0 Å². The Kier molecular flexibility index (Phi) is 4.73. The van der Waals surface area contributed by atoms with E-state index in [2.05, 4.69) is 41.1 Å². The third-order valence-electron chi connectivity index (χ3n) is 4.61. The Morgan fingerprint density at radius 1 is 1.29 bits per heavy atom. The van der Waals surface area contributed by atoms with E-state index in [9.17, 15) is 10.1 Å². The van der Waals surface area contributed by atoms with Crippen molar-refractivity contribution in [2.75, 3.05) is 4.90 Å². The molecule has 2 aromatic rings. The highest BCUT2D eigenvalue weighted by Gasteiger charge is 2.31. The number of halogens is 1. The predicted molar refractivity (Wildman–Crippen MR) is 99.2 cm³/mol. The van der Waals surface area contributed by atoms with Crippen LogP contribution >= 0.6 is 15.9 Å². The Morgan fingerprint density at radius 3 is 2.62 bits per heavy atom. The third kappa shape index (κ3) is 2.85. The summed E-state index contributed by atoms with van der Waals surface area (Å²) >= 11 is 3.47. The van der Waals surface area contributed by atoms with Crippen LogP contribution in [0.15, 0.2) is 34.8 Å². The van der Waals surface area contributed by atoms with Gasteiger partial charge in [0.2, 0.25) is 0 Å². The van der Waals surface area contributed by atoms with Gasteiger partial charge in [0.15, 0.2) is 0 Å². The zero-order valence-corrected chi connectivity index (χ0v) is 15.5. The van der Waals surface area contributed by atoms with Crippen molar-refractivity contribution >= 4 is 27.5 Å². The lowest BCUT2D eigenvalue weighted by molar-refractivity contribution is 0.0996. The number of rotatable bonds is 4. The highest BCUT2D eigenvalue weighted by atomic mass is 79.9. The molecule has 1 aliphatic heterocycles. The predicted octanol–water partition coefficient (Wildman–Crippen LogP) is 5.13. The summed E-state index contributed by atoms with van der Waals surface area (Å²) in [5.74, 6) is -0.0293. The number of benzene rings is 2. The third-order valence-corrected chi connectivity index (χ3v) is 5.63. The minimum atomic E-state index is -0.0293. The van der Waals surface area contributed by atoms with Crippen molar-refractivity contribution in [3.8, 4) is 6.07 Å². The van der Waals surface area contributed by atoms with E-state index in [4.69, 9.17) is 0 Å². The Bertz CT molecular complexity index is 834. The molecule has 0 aliphatic carbocycles. The smallest absolute Gasteiger partial charge is 0.258 e. The number of hydrogen-bond donors (Lipinski definition) is 0. The fraction of sp³-hybridized carbons (Fsp3) is 0.300. The standard InChI is InChI=1S/C20H19BrN2O/c1-3-4-5-14-6-8-16(9-7-14)23-12-18-13(2)19(21)15(11-22)10-17(18)20(23)24/h6-10H,3-5,12H2,1-2H3. The number of anilines is 1. The second-order valence-corrected chi connectivity index (χ2v) is 6.96. The van der Waals surface area contributed by atoms with E-state index in [0.29, 0.717) is 17.7 Å². The zero-order chi connectivity index (χ0) is 17.3. The molecule has 2 aromatic carbocycles. The van der Waals surface area contributed by atoms with Crippen LogP contribution < -0.4 is 4.90 Å². The van der Waals surface area contributed by atoms with Crippen molar-refractivity contribution in [2.45, 2.75) is 39.7 Å². The van der Waals surface area contributed by atoms with Crippen LogP contribution in [0.2, 0.25) is 0 Å². The van der Waals surface area contributed by atoms with Crippen molar-refractivity contribution in [3.63, 3.8) is 0 Å². The molecule has 0 fully saturated rings. The average Bonchev–Trinajstić information content (AvgIpc) is 2.93. The minimum Gasteiger partial charge on any atom is -0.304 e. The summed E-state index contributed by atoms with van der Waals surface area (Å²) in [6, 6.07) is 12.1. The van der Waals surface area contributed by atoms with Gasteiger partial charge in [0.05, 0.1) is 12.1 Å². The Balaban J connectivity index is 1.91. The van der Waals surface area contributed by atoms with Gasteiger partial charge >= 0.3 is 0 Å².